The summed E-state index contributed by atoms with van der Waals surface area (Å²) in [6, 6.07) is 11.9. The summed E-state index contributed by atoms with van der Waals surface area (Å²) in [6.45, 7) is 5.93. The van der Waals surface area contributed by atoms with Crippen molar-refractivity contribution in [2.45, 2.75) is 13.1 Å². The van der Waals surface area contributed by atoms with E-state index < -0.39 is 5.97 Å². The molecule has 1 aromatic heterocycles. The lowest BCUT2D eigenvalue weighted by atomic mass is 10.1. The first-order valence-corrected chi connectivity index (χ1v) is 10.7. The van der Waals surface area contributed by atoms with Gasteiger partial charge in [-0.25, -0.2) is 4.79 Å². The van der Waals surface area contributed by atoms with Crippen molar-refractivity contribution in [3.63, 3.8) is 0 Å². The topological polar surface area (TPSA) is 84.1 Å². The number of hydrogen-bond donors (Lipinski definition) is 1. The van der Waals surface area contributed by atoms with Crippen LogP contribution < -0.4 is 14.9 Å². The van der Waals surface area contributed by atoms with Crippen LogP contribution in [0.2, 0.25) is 0 Å². The molecule has 1 saturated heterocycles. The highest BCUT2D eigenvalue weighted by atomic mass is 16.7. The molecule has 0 saturated carbocycles. The molecule has 2 aliphatic rings. The summed E-state index contributed by atoms with van der Waals surface area (Å²) in [5.74, 6) is 1.02. The molecule has 2 aromatic carbocycles. The molecule has 0 spiro atoms. The molecule has 5 rings (SSSR count). The van der Waals surface area contributed by atoms with Crippen molar-refractivity contribution in [1.82, 2.24) is 14.8 Å². The van der Waals surface area contributed by atoms with Crippen LogP contribution >= 0.6 is 0 Å². The van der Waals surface area contributed by atoms with Crippen molar-refractivity contribution < 1.29 is 19.0 Å². The number of fused-ring (bicyclic) bond motifs is 2. The maximum absolute atomic E-state index is 12.5. The van der Waals surface area contributed by atoms with Crippen molar-refractivity contribution in [3.8, 4) is 11.5 Å². The highest BCUT2D eigenvalue weighted by Gasteiger charge is 2.20. The van der Waals surface area contributed by atoms with Crippen molar-refractivity contribution >= 4 is 16.9 Å². The van der Waals surface area contributed by atoms with Crippen LogP contribution in [0.3, 0.4) is 0 Å². The highest BCUT2D eigenvalue weighted by molar-refractivity contribution is 5.93. The molecule has 0 amide bonds. The van der Waals surface area contributed by atoms with Gasteiger partial charge in [-0.3, -0.25) is 14.6 Å². The maximum Gasteiger partial charge on any atom is 0.343 e. The first-order chi connectivity index (χ1) is 15.6. The van der Waals surface area contributed by atoms with Gasteiger partial charge in [-0.05, 0) is 35.4 Å². The first kappa shape index (κ1) is 20.5. The van der Waals surface area contributed by atoms with E-state index in [1.54, 1.807) is 6.07 Å². The van der Waals surface area contributed by atoms with Gasteiger partial charge in [0.05, 0.1) is 7.11 Å². The number of pyridine rings is 1. The summed E-state index contributed by atoms with van der Waals surface area (Å²) in [6.07, 6.45) is 1.43. The van der Waals surface area contributed by atoms with E-state index >= 15 is 0 Å². The Hall–Kier alpha value is -3.36. The number of aromatic amines is 1. The van der Waals surface area contributed by atoms with Gasteiger partial charge in [0.1, 0.15) is 5.56 Å². The summed E-state index contributed by atoms with van der Waals surface area (Å²) in [5.41, 5.74) is 2.79. The molecule has 0 radical (unpaired) electrons. The third-order valence-electron chi connectivity index (χ3n) is 6.06. The SMILES string of the molecule is COC(=O)c1c[nH]c2cc(CN3CCN(Cc4ccc5c(c4)OCO5)CC3)ccc2c1=O. The largest absolute Gasteiger partial charge is 0.465 e. The summed E-state index contributed by atoms with van der Waals surface area (Å²) in [4.78, 5) is 32.2. The van der Waals surface area contributed by atoms with E-state index in [1.165, 1.54) is 18.9 Å². The summed E-state index contributed by atoms with van der Waals surface area (Å²) >= 11 is 0. The number of rotatable bonds is 5. The first-order valence-electron chi connectivity index (χ1n) is 10.7. The normalized spacial score (nSPS) is 16.4. The Labute approximate surface area is 185 Å². The fourth-order valence-corrected chi connectivity index (χ4v) is 4.29. The molecule has 1 N–H and O–H groups in total. The number of benzene rings is 2. The molecule has 0 unspecified atom stereocenters. The third kappa shape index (κ3) is 4.06. The molecule has 8 heteroatoms. The molecule has 8 nitrogen and oxygen atoms in total. The molecule has 2 aliphatic heterocycles. The predicted molar refractivity (Wildman–Crippen MR) is 119 cm³/mol. The zero-order valence-corrected chi connectivity index (χ0v) is 17.9. The smallest absolute Gasteiger partial charge is 0.343 e. The second kappa shape index (κ2) is 8.64. The van der Waals surface area contributed by atoms with Gasteiger partial charge in [-0.1, -0.05) is 12.1 Å². The van der Waals surface area contributed by atoms with Crippen LogP contribution in [0.15, 0.2) is 47.4 Å². The van der Waals surface area contributed by atoms with Crippen molar-refractivity contribution in [2.24, 2.45) is 0 Å². The van der Waals surface area contributed by atoms with Gasteiger partial charge in [0.25, 0.3) is 0 Å². The number of aromatic nitrogens is 1. The second-order valence-corrected chi connectivity index (χ2v) is 8.14. The van der Waals surface area contributed by atoms with Crippen LogP contribution in [0, 0.1) is 0 Å². The second-order valence-electron chi connectivity index (χ2n) is 8.14. The lowest BCUT2D eigenvalue weighted by Gasteiger charge is -2.34. The fourth-order valence-electron chi connectivity index (χ4n) is 4.29. The van der Waals surface area contributed by atoms with Gasteiger partial charge in [0.15, 0.2) is 11.5 Å². The van der Waals surface area contributed by atoms with Crippen molar-refractivity contribution in [2.75, 3.05) is 40.1 Å². The molecule has 3 heterocycles. The molecule has 0 aliphatic carbocycles. The number of esters is 1. The zero-order chi connectivity index (χ0) is 22.1. The van der Waals surface area contributed by atoms with Crippen LogP contribution in [0.1, 0.15) is 21.5 Å². The summed E-state index contributed by atoms with van der Waals surface area (Å²) in [5, 5.41) is 0.491. The Kier molecular flexibility index (Phi) is 5.55. The minimum Gasteiger partial charge on any atom is -0.465 e. The van der Waals surface area contributed by atoms with Crippen LogP contribution in [0.25, 0.3) is 10.9 Å². The number of nitrogens with one attached hydrogen (secondary N) is 1. The number of methoxy groups -OCH3 is 1. The fraction of sp³-hybridized carbons (Fsp3) is 0.333. The van der Waals surface area contributed by atoms with Crippen molar-refractivity contribution in [1.29, 1.82) is 0 Å². The Morgan fingerprint density at radius 2 is 1.62 bits per heavy atom. The zero-order valence-electron chi connectivity index (χ0n) is 17.9. The standard InChI is InChI=1S/C24H25N3O5/c1-30-24(29)19-12-25-20-10-16(2-4-18(20)23(19)28)13-26-6-8-27(9-7-26)14-17-3-5-21-22(11-17)32-15-31-21/h2-5,10-12H,6-9,13-15H2,1H3,(H,25,28). The van der Waals surface area contributed by atoms with E-state index in [1.807, 2.05) is 18.2 Å². The number of nitrogens with zero attached hydrogens (tertiary/aromatic N) is 2. The molecule has 32 heavy (non-hydrogen) atoms. The molecule has 166 valence electrons. The number of H-pyrrole nitrogens is 1. The van der Waals surface area contributed by atoms with E-state index in [9.17, 15) is 9.59 Å². The molecule has 3 aromatic rings. The van der Waals surface area contributed by atoms with E-state index in [4.69, 9.17) is 9.47 Å². The van der Waals surface area contributed by atoms with Gasteiger partial charge in [-0.15, -0.1) is 0 Å². The summed E-state index contributed by atoms with van der Waals surface area (Å²) < 4.78 is 15.5. The number of ether oxygens (including phenoxy) is 3. The minimum atomic E-state index is -0.629. The lowest BCUT2D eigenvalue weighted by Crippen LogP contribution is -2.45. The Morgan fingerprint density at radius 3 is 2.34 bits per heavy atom. The molecule has 0 atom stereocenters. The predicted octanol–water partition coefficient (Wildman–Crippen LogP) is 2.36. The van der Waals surface area contributed by atoms with Gasteiger partial charge >= 0.3 is 5.97 Å². The monoisotopic (exact) mass is 435 g/mol. The molecule has 1 fully saturated rings. The van der Waals surface area contributed by atoms with Crippen LogP contribution in [0.5, 0.6) is 11.5 Å². The van der Waals surface area contributed by atoms with Crippen LogP contribution in [0.4, 0.5) is 0 Å². The lowest BCUT2D eigenvalue weighted by molar-refractivity contribution is 0.0599. The average Bonchev–Trinajstić information content (AvgIpc) is 3.28. The van der Waals surface area contributed by atoms with Gasteiger partial charge in [0.2, 0.25) is 12.2 Å². The number of carbonyl (C=O) groups excluding carboxylic acids is 1. The Morgan fingerprint density at radius 1 is 0.969 bits per heavy atom. The van der Waals surface area contributed by atoms with E-state index in [-0.39, 0.29) is 11.0 Å². The Balaban J connectivity index is 1.20. The molecular weight excluding hydrogens is 410 g/mol. The van der Waals surface area contributed by atoms with Crippen LogP contribution in [-0.4, -0.2) is 60.8 Å². The van der Waals surface area contributed by atoms with E-state index in [0.717, 1.165) is 61.8 Å². The van der Waals surface area contributed by atoms with Gasteiger partial charge < -0.3 is 19.2 Å². The summed E-state index contributed by atoms with van der Waals surface area (Å²) in [7, 11) is 1.27. The van der Waals surface area contributed by atoms with Crippen molar-refractivity contribution in [3.05, 3.63) is 69.5 Å². The van der Waals surface area contributed by atoms with Crippen LogP contribution in [-0.2, 0) is 17.8 Å². The van der Waals surface area contributed by atoms with Gasteiger partial charge in [-0.2, -0.15) is 0 Å². The number of piperazine rings is 1. The van der Waals surface area contributed by atoms with E-state index in [0.29, 0.717) is 12.2 Å². The number of carbonyl (C=O) groups is 1. The highest BCUT2D eigenvalue weighted by Crippen LogP contribution is 2.32. The number of hydrogen-bond acceptors (Lipinski definition) is 7. The average molecular weight is 435 g/mol. The third-order valence-corrected chi connectivity index (χ3v) is 6.06. The van der Waals surface area contributed by atoms with Gasteiger partial charge in [0, 0.05) is 56.4 Å². The quantitative estimate of drug-likeness (QED) is 0.616. The molecule has 0 bridgehead atoms. The van der Waals surface area contributed by atoms with E-state index in [2.05, 4.69) is 31.7 Å². The minimum absolute atomic E-state index is 0.0198. The Bertz CT molecular complexity index is 1210. The molecular formula is C24H25N3O5. The maximum atomic E-state index is 12.5.